The van der Waals surface area contributed by atoms with Crippen LogP contribution in [0.1, 0.15) is 102 Å². The van der Waals surface area contributed by atoms with Gasteiger partial charge in [-0.1, -0.05) is 82.3 Å². The third kappa shape index (κ3) is 6.87. The quantitative estimate of drug-likeness (QED) is 0.137. The summed E-state index contributed by atoms with van der Waals surface area (Å²) in [5.41, 5.74) is 9.20. The minimum absolute atomic E-state index is 0.0541. The summed E-state index contributed by atoms with van der Waals surface area (Å²) in [6, 6.07) is 36.4. The first kappa shape index (κ1) is 41.5. The molecule has 6 aromatic rings. The van der Waals surface area contributed by atoms with Gasteiger partial charge in [0.15, 0.2) is 5.60 Å². The van der Waals surface area contributed by atoms with Gasteiger partial charge in [0.25, 0.3) is 0 Å². The van der Waals surface area contributed by atoms with E-state index >= 15 is 0 Å². The molecule has 0 unspecified atom stereocenters. The van der Waals surface area contributed by atoms with E-state index in [2.05, 4.69) is 131 Å². The second kappa shape index (κ2) is 15.2. The van der Waals surface area contributed by atoms with Gasteiger partial charge < -0.3 is 28.4 Å². The molecule has 1 aliphatic heterocycles. The summed E-state index contributed by atoms with van der Waals surface area (Å²) >= 11 is 0. The van der Waals surface area contributed by atoms with Crippen LogP contribution in [0.2, 0.25) is 0 Å². The van der Waals surface area contributed by atoms with E-state index in [0.717, 1.165) is 86.6 Å². The molecule has 0 aromatic heterocycles. The number of hydrogen-bond donors (Lipinski definition) is 0. The zero-order valence-corrected chi connectivity index (χ0v) is 38.2. The van der Waals surface area contributed by atoms with Gasteiger partial charge >= 0.3 is 0 Å². The van der Waals surface area contributed by atoms with Crippen LogP contribution in [0.3, 0.4) is 0 Å². The van der Waals surface area contributed by atoms with Crippen LogP contribution in [-0.2, 0) is 11.0 Å². The van der Waals surface area contributed by atoms with E-state index in [1.165, 1.54) is 22.3 Å². The lowest BCUT2D eigenvalue weighted by Crippen LogP contribution is -2.44. The van der Waals surface area contributed by atoms with Gasteiger partial charge in [-0.05, 0) is 140 Å². The van der Waals surface area contributed by atoms with Crippen molar-refractivity contribution in [1.29, 1.82) is 0 Å². The fourth-order valence-electron chi connectivity index (χ4n) is 11.7. The van der Waals surface area contributed by atoms with E-state index < -0.39 is 5.60 Å². The summed E-state index contributed by atoms with van der Waals surface area (Å²) in [6.07, 6.45) is 7.95. The van der Waals surface area contributed by atoms with Gasteiger partial charge in [0.2, 0.25) is 0 Å². The number of rotatable bonds is 10. The first-order valence-electron chi connectivity index (χ1n) is 22.1. The predicted octanol–water partition coefficient (Wildman–Crippen LogP) is 14.0. The summed E-state index contributed by atoms with van der Waals surface area (Å²) in [4.78, 5) is 0. The molecular weight excluding hydrogens is 769 g/mol. The molecule has 0 radical (unpaired) electrons. The van der Waals surface area contributed by atoms with Gasteiger partial charge in [0.05, 0.1) is 33.5 Å². The van der Waals surface area contributed by atoms with Crippen molar-refractivity contribution in [3.05, 3.63) is 137 Å². The maximum absolute atomic E-state index is 7.86. The van der Waals surface area contributed by atoms with Gasteiger partial charge in [0, 0.05) is 44.7 Å². The van der Waals surface area contributed by atoms with E-state index in [1.807, 2.05) is 39.8 Å². The first-order valence-corrected chi connectivity index (χ1v) is 22.1. The molecule has 62 heavy (non-hydrogen) atoms. The molecule has 0 bridgehead atoms. The van der Waals surface area contributed by atoms with Gasteiger partial charge in [0.1, 0.15) is 34.5 Å². The lowest BCUT2D eigenvalue weighted by molar-refractivity contribution is 0.0642. The topological polar surface area (TPSA) is 55.4 Å². The van der Waals surface area contributed by atoms with Crippen molar-refractivity contribution < 1.29 is 28.4 Å². The van der Waals surface area contributed by atoms with Crippen molar-refractivity contribution in [2.75, 3.05) is 21.3 Å². The predicted molar refractivity (Wildman–Crippen MR) is 252 cm³/mol. The Kier molecular flexibility index (Phi) is 10.2. The first-order chi connectivity index (χ1) is 29.6. The largest absolute Gasteiger partial charge is 0.497 e. The third-order valence-corrected chi connectivity index (χ3v) is 13.1. The zero-order chi connectivity index (χ0) is 43.8. The molecule has 3 aliphatic rings. The number of benzene rings is 6. The van der Waals surface area contributed by atoms with Crippen LogP contribution in [0.15, 0.2) is 109 Å². The van der Waals surface area contributed by atoms with E-state index in [-0.39, 0.29) is 28.5 Å². The van der Waals surface area contributed by atoms with Crippen molar-refractivity contribution in [1.82, 2.24) is 0 Å². The van der Waals surface area contributed by atoms with Gasteiger partial charge in [-0.25, -0.2) is 0 Å². The number of ether oxygens (including phenoxy) is 6. The maximum Gasteiger partial charge on any atom is 0.178 e. The Morgan fingerprint density at radius 1 is 0.548 bits per heavy atom. The minimum Gasteiger partial charge on any atom is -0.497 e. The molecule has 320 valence electrons. The second-order valence-corrected chi connectivity index (χ2v) is 19.7. The number of methoxy groups -OCH3 is 3. The lowest BCUT2D eigenvalue weighted by atomic mass is 9.52. The molecule has 1 heterocycles. The van der Waals surface area contributed by atoms with Crippen LogP contribution in [-0.4, -0.2) is 33.5 Å². The fourth-order valence-corrected chi connectivity index (χ4v) is 11.7. The Morgan fingerprint density at radius 2 is 1.11 bits per heavy atom. The molecule has 6 nitrogen and oxygen atoms in total. The summed E-state index contributed by atoms with van der Waals surface area (Å²) in [5.74, 6) is 4.62. The monoisotopic (exact) mass is 828 g/mol. The summed E-state index contributed by atoms with van der Waals surface area (Å²) in [7, 11) is 5.12. The highest BCUT2D eigenvalue weighted by atomic mass is 16.5. The van der Waals surface area contributed by atoms with E-state index in [1.54, 1.807) is 21.3 Å². The van der Waals surface area contributed by atoms with Crippen LogP contribution < -0.4 is 28.4 Å². The number of fused-ring (bicyclic) bond motifs is 10. The molecule has 9 rings (SSSR count). The van der Waals surface area contributed by atoms with Crippen LogP contribution >= 0.6 is 0 Å². The fraction of sp³-hybridized carbons (Fsp3) is 0.357. The van der Waals surface area contributed by atoms with Crippen LogP contribution in [0.5, 0.6) is 34.5 Å². The van der Waals surface area contributed by atoms with Crippen LogP contribution in [0.25, 0.3) is 39.1 Å². The second-order valence-electron chi connectivity index (χ2n) is 19.7. The highest BCUT2D eigenvalue weighted by Crippen LogP contribution is 2.67. The SMILES string of the molecule is COc1ccc(-c2cc3c4c(c5c(c3cc2OC)OC(c2ccc(OC(C)C)cc2)(c2ccc(OC(C)C)cc2)C=C5)C2(CC(C)(C)CC(C)(C)C2)c2ccccc2-4)c(OC)c1. The molecule has 6 heteroatoms. The summed E-state index contributed by atoms with van der Waals surface area (Å²) in [6.45, 7) is 18.0. The lowest BCUT2D eigenvalue weighted by Gasteiger charge is -2.52. The van der Waals surface area contributed by atoms with Gasteiger partial charge in [-0.3, -0.25) is 0 Å². The normalized spacial score (nSPS) is 17.3. The maximum atomic E-state index is 7.86. The van der Waals surface area contributed by atoms with E-state index in [0.29, 0.717) is 5.75 Å². The van der Waals surface area contributed by atoms with E-state index in [9.17, 15) is 0 Å². The molecule has 0 amide bonds. The van der Waals surface area contributed by atoms with Crippen molar-refractivity contribution in [3.63, 3.8) is 0 Å². The third-order valence-electron chi connectivity index (χ3n) is 13.1. The standard InChI is InChI=1S/C56H60O6/c1-34(2)60-38-20-16-36(17-21-38)56(37-18-22-39(23-19-37)61-35(3)4)27-26-43-51-50(42-14-12-13-15-47(42)55(51)32-53(5,6)31-54(7,8)33-55)45-29-44(49(59-11)30-46(45)52(43)62-56)41-25-24-40(57-9)28-48(41)58-10/h12-30,34-35H,31-33H2,1-11H3. The molecule has 0 atom stereocenters. The Morgan fingerprint density at radius 3 is 1.68 bits per heavy atom. The smallest absolute Gasteiger partial charge is 0.178 e. The van der Waals surface area contributed by atoms with Crippen molar-refractivity contribution >= 4 is 16.8 Å². The summed E-state index contributed by atoms with van der Waals surface area (Å²) < 4.78 is 38.1. The molecule has 0 N–H and O–H groups in total. The number of hydrogen-bond acceptors (Lipinski definition) is 6. The average molecular weight is 829 g/mol. The molecular formula is C56H60O6. The molecule has 0 saturated heterocycles. The highest BCUT2D eigenvalue weighted by Gasteiger charge is 2.55. The van der Waals surface area contributed by atoms with Crippen LogP contribution in [0, 0.1) is 10.8 Å². The van der Waals surface area contributed by atoms with E-state index in [4.69, 9.17) is 28.4 Å². The molecule has 2 aliphatic carbocycles. The van der Waals surface area contributed by atoms with Gasteiger partial charge in [-0.15, -0.1) is 0 Å². The minimum atomic E-state index is -0.990. The van der Waals surface area contributed by atoms with Gasteiger partial charge in [-0.2, -0.15) is 0 Å². The average Bonchev–Trinajstić information content (AvgIpc) is 3.49. The van der Waals surface area contributed by atoms with Crippen molar-refractivity contribution in [3.8, 4) is 56.8 Å². The van der Waals surface area contributed by atoms with Crippen LogP contribution in [0.4, 0.5) is 0 Å². The molecule has 6 aromatic carbocycles. The molecule has 1 spiro atoms. The molecule has 1 fully saturated rings. The zero-order valence-electron chi connectivity index (χ0n) is 38.2. The Balaban J connectivity index is 1.38. The Bertz CT molecular complexity index is 2630. The highest BCUT2D eigenvalue weighted by molar-refractivity contribution is 6.11. The Labute approximate surface area is 367 Å². The Hall–Kier alpha value is -5.88. The van der Waals surface area contributed by atoms with Crippen molar-refractivity contribution in [2.45, 2.75) is 97.9 Å². The van der Waals surface area contributed by atoms with Crippen molar-refractivity contribution in [2.24, 2.45) is 10.8 Å². The summed E-state index contributed by atoms with van der Waals surface area (Å²) in [5, 5.41) is 2.10. The molecule has 1 saturated carbocycles.